The van der Waals surface area contributed by atoms with Gasteiger partial charge in [-0.15, -0.1) is 0 Å². The normalized spacial score (nSPS) is 6.71. The maximum absolute atomic E-state index is 4.83. The molecule has 3 heteroatoms. The minimum Gasteiger partial charge on any atom is -0.382 e. The maximum Gasteiger partial charge on any atom is 0.176 e. The predicted molar refractivity (Wildman–Crippen MR) is 36.8 cm³/mol. The zero-order valence-corrected chi connectivity index (χ0v) is 6.36. The first-order valence-electron chi connectivity index (χ1n) is 2.21. The van der Waals surface area contributed by atoms with Crippen LogP contribution in [0.15, 0.2) is 0 Å². The maximum atomic E-state index is 4.83. The Morgan fingerprint density at radius 3 is 1.57 bits per heavy atom. The Labute approximate surface area is 54.8 Å². The zero-order valence-electron chi connectivity index (χ0n) is 4.78. The third-order valence-corrected chi connectivity index (χ3v) is 0.408. The molecule has 0 aliphatic heterocycles. The molecule has 7 heavy (non-hydrogen) atoms. The van der Waals surface area contributed by atoms with Crippen LogP contribution in [-0.2, 0) is 4.74 Å². The van der Waals surface area contributed by atoms with E-state index >= 15 is 0 Å². The third kappa shape index (κ3) is 21.0. The summed E-state index contributed by atoms with van der Waals surface area (Å²) < 4.78 is 4.83. The van der Waals surface area contributed by atoms with Crippen LogP contribution in [0.2, 0.25) is 0 Å². The van der Waals surface area contributed by atoms with Crippen LogP contribution < -0.4 is 0 Å². The molecule has 0 aromatic carbocycles. The fraction of sp³-hybridized carbons (Fsp3) is 1.00. The first kappa shape index (κ1) is 10.5. The van der Waals surface area contributed by atoms with Crippen molar-refractivity contribution in [2.45, 2.75) is 13.8 Å². The largest absolute Gasteiger partial charge is 0.382 e. The van der Waals surface area contributed by atoms with Gasteiger partial charge in [0.25, 0.3) is 0 Å². The molecule has 0 unspecified atom stereocenters. The molecule has 0 atom stereocenters. The van der Waals surface area contributed by atoms with Crippen molar-refractivity contribution in [3.63, 3.8) is 0 Å². The van der Waals surface area contributed by atoms with Crippen molar-refractivity contribution in [1.82, 2.24) is 0 Å². The van der Waals surface area contributed by atoms with Gasteiger partial charge in [-0.25, -0.2) is 0 Å². The summed E-state index contributed by atoms with van der Waals surface area (Å²) in [5.41, 5.74) is 0. The fourth-order valence-corrected chi connectivity index (χ4v) is 0.204. The molecule has 0 saturated heterocycles. The van der Waals surface area contributed by atoms with E-state index in [1.807, 2.05) is 13.8 Å². The Kier molecular flexibility index (Phi) is 24.0. The van der Waals surface area contributed by atoms with E-state index < -0.39 is 0 Å². The average molecular weight is 165 g/mol. The average Bonchev–Trinajstić information content (AvgIpc) is 1.75. The Balaban J connectivity index is 0. The van der Waals surface area contributed by atoms with Gasteiger partial charge in [0.2, 0.25) is 0 Å². The highest BCUT2D eigenvalue weighted by Crippen LogP contribution is 1.64. The van der Waals surface area contributed by atoms with E-state index in [0.29, 0.717) is 0 Å². The molecule has 1 nitrogen and oxygen atoms in total. The first-order chi connectivity index (χ1) is 3.41. The second-order valence-electron chi connectivity index (χ2n) is 0.781. The summed E-state index contributed by atoms with van der Waals surface area (Å²) in [6.45, 7) is 9.98. The molecule has 0 rings (SSSR count). The SMILES string of the molecule is CCOCC.[B]Br. The van der Waals surface area contributed by atoms with E-state index in [2.05, 4.69) is 22.4 Å². The lowest BCUT2D eigenvalue weighted by molar-refractivity contribution is 0.162. The minimum atomic E-state index is 0.844. The first-order valence-corrected chi connectivity index (χ1v) is 3.13. The topological polar surface area (TPSA) is 9.23 Å². The van der Waals surface area contributed by atoms with Gasteiger partial charge in [0.05, 0.1) is 0 Å². The third-order valence-electron chi connectivity index (χ3n) is 0.408. The van der Waals surface area contributed by atoms with Crippen molar-refractivity contribution >= 4 is 22.4 Å². The highest BCUT2D eigenvalue weighted by atomic mass is 79.9. The molecular weight excluding hydrogens is 155 g/mol. The van der Waals surface area contributed by atoms with Gasteiger partial charge < -0.3 is 4.74 Å². The monoisotopic (exact) mass is 164 g/mol. The number of ether oxygens (including phenoxy) is 1. The van der Waals surface area contributed by atoms with Gasteiger partial charge in [0.15, 0.2) is 6.67 Å². The fourth-order valence-electron chi connectivity index (χ4n) is 0.204. The van der Waals surface area contributed by atoms with Gasteiger partial charge >= 0.3 is 0 Å². The number of rotatable bonds is 2. The Morgan fingerprint density at radius 2 is 1.57 bits per heavy atom. The number of hydrogen-bond donors (Lipinski definition) is 0. The zero-order chi connectivity index (χ0) is 6.12. The molecule has 0 aliphatic carbocycles. The number of hydrogen-bond acceptors (Lipinski definition) is 1. The Hall–Kier alpha value is 0.505. The van der Waals surface area contributed by atoms with Crippen LogP contribution in [0.5, 0.6) is 0 Å². The standard InChI is InChI=1S/C4H10O.BBr/c1-3-5-4-2;1-2/h3-4H2,1-2H3;. The van der Waals surface area contributed by atoms with Crippen LogP contribution in [0.3, 0.4) is 0 Å². The highest BCUT2D eigenvalue weighted by molar-refractivity contribution is 9.22. The summed E-state index contributed by atoms with van der Waals surface area (Å²) in [4.78, 5) is 0. The van der Waals surface area contributed by atoms with Crippen LogP contribution in [-0.4, -0.2) is 19.9 Å². The lowest BCUT2D eigenvalue weighted by Gasteiger charge is -1.86. The molecule has 0 bridgehead atoms. The molecule has 0 aromatic rings. The quantitative estimate of drug-likeness (QED) is 0.563. The van der Waals surface area contributed by atoms with Crippen molar-refractivity contribution in [1.29, 1.82) is 0 Å². The van der Waals surface area contributed by atoms with E-state index in [1.54, 1.807) is 0 Å². The summed E-state index contributed by atoms with van der Waals surface area (Å²) in [6, 6.07) is 0. The summed E-state index contributed by atoms with van der Waals surface area (Å²) in [5.74, 6) is 0. The Bertz CT molecular complexity index is 19.2. The predicted octanol–water partition coefficient (Wildman–Crippen LogP) is 1.51. The van der Waals surface area contributed by atoms with E-state index in [1.165, 1.54) is 0 Å². The van der Waals surface area contributed by atoms with Crippen LogP contribution >= 0.6 is 15.8 Å². The lowest BCUT2D eigenvalue weighted by atomic mass is 10.8. The molecule has 0 N–H and O–H groups in total. The molecule has 0 aromatic heterocycles. The summed E-state index contributed by atoms with van der Waals surface area (Å²) >= 11 is 2.44. The van der Waals surface area contributed by atoms with Crippen molar-refractivity contribution in [3.05, 3.63) is 0 Å². The van der Waals surface area contributed by atoms with Gasteiger partial charge in [0, 0.05) is 13.2 Å². The lowest BCUT2D eigenvalue weighted by Crippen LogP contribution is -1.84. The van der Waals surface area contributed by atoms with Crippen molar-refractivity contribution in [2.75, 3.05) is 13.2 Å². The van der Waals surface area contributed by atoms with Crippen molar-refractivity contribution in [3.8, 4) is 0 Å². The van der Waals surface area contributed by atoms with E-state index in [0.717, 1.165) is 13.2 Å². The second-order valence-corrected chi connectivity index (χ2v) is 0.781. The second kappa shape index (κ2) is 16.0. The van der Waals surface area contributed by atoms with Crippen LogP contribution in [0, 0.1) is 0 Å². The molecule has 0 spiro atoms. The summed E-state index contributed by atoms with van der Waals surface area (Å²) in [6.07, 6.45) is 0. The minimum absolute atomic E-state index is 0.844. The molecular formula is C4H10BBrO. The molecule has 2 radical (unpaired) electrons. The van der Waals surface area contributed by atoms with E-state index in [4.69, 9.17) is 4.74 Å². The molecule has 42 valence electrons. The van der Waals surface area contributed by atoms with Gasteiger partial charge in [-0.2, -0.15) is 15.8 Å². The number of halogens is 1. The smallest absolute Gasteiger partial charge is 0.176 e. The van der Waals surface area contributed by atoms with Crippen LogP contribution in [0.1, 0.15) is 13.8 Å². The van der Waals surface area contributed by atoms with E-state index in [-0.39, 0.29) is 0 Å². The molecule has 0 aliphatic rings. The highest BCUT2D eigenvalue weighted by Gasteiger charge is 1.64. The Morgan fingerprint density at radius 1 is 1.29 bits per heavy atom. The van der Waals surface area contributed by atoms with Gasteiger partial charge in [-0.05, 0) is 13.8 Å². The van der Waals surface area contributed by atoms with Crippen LogP contribution in [0.4, 0.5) is 0 Å². The van der Waals surface area contributed by atoms with Crippen molar-refractivity contribution < 1.29 is 4.74 Å². The van der Waals surface area contributed by atoms with Gasteiger partial charge in [-0.1, -0.05) is 0 Å². The van der Waals surface area contributed by atoms with Gasteiger partial charge in [-0.3, -0.25) is 0 Å². The van der Waals surface area contributed by atoms with E-state index in [9.17, 15) is 0 Å². The summed E-state index contributed by atoms with van der Waals surface area (Å²) in [5, 5.41) is 0. The molecule has 0 heterocycles. The molecule has 0 amide bonds. The molecule has 0 saturated carbocycles. The van der Waals surface area contributed by atoms with Crippen molar-refractivity contribution in [2.24, 2.45) is 0 Å². The summed E-state index contributed by atoms with van der Waals surface area (Å²) in [7, 11) is 0. The van der Waals surface area contributed by atoms with Crippen LogP contribution in [0.25, 0.3) is 0 Å². The van der Waals surface area contributed by atoms with Gasteiger partial charge in [0.1, 0.15) is 0 Å². The molecule has 0 fully saturated rings.